The van der Waals surface area contributed by atoms with Gasteiger partial charge in [0.25, 0.3) is 0 Å². The molecule has 76 valence electrons. The average molecular weight is 211 g/mol. The third kappa shape index (κ3) is 4.86. The maximum absolute atomic E-state index is 8.40. The lowest BCUT2D eigenvalue weighted by Gasteiger charge is -2.14. The fourth-order valence-electron chi connectivity index (χ4n) is 1.22. The number of halogens is 1. The molecule has 0 atom stereocenters. The highest BCUT2D eigenvalue weighted by atomic mass is 35.5. The Bertz CT molecular complexity index is 279. The monoisotopic (exact) mass is 210 g/mol. The predicted molar refractivity (Wildman–Crippen MR) is 60.3 cm³/mol. The van der Waals surface area contributed by atoms with Crippen molar-refractivity contribution in [2.75, 3.05) is 13.6 Å². The quantitative estimate of drug-likeness (QED) is 0.764. The lowest BCUT2D eigenvalue weighted by Crippen LogP contribution is -2.18. The van der Waals surface area contributed by atoms with E-state index >= 15 is 0 Å². The van der Waals surface area contributed by atoms with Crippen LogP contribution in [0.1, 0.15) is 12.0 Å². The van der Waals surface area contributed by atoms with Crippen LogP contribution in [0.5, 0.6) is 0 Å². The fourth-order valence-corrected chi connectivity index (χ4v) is 1.22. The Morgan fingerprint density at radius 2 is 1.93 bits per heavy atom. The molecule has 1 rings (SSSR count). The van der Waals surface area contributed by atoms with E-state index in [-0.39, 0.29) is 12.4 Å². The van der Waals surface area contributed by atoms with Crippen molar-refractivity contribution in [1.29, 1.82) is 5.26 Å². The van der Waals surface area contributed by atoms with E-state index in [9.17, 15) is 0 Å². The molecule has 0 fully saturated rings. The van der Waals surface area contributed by atoms with Gasteiger partial charge in [0.1, 0.15) is 0 Å². The lowest BCUT2D eigenvalue weighted by molar-refractivity contribution is 0.335. The highest BCUT2D eigenvalue weighted by Gasteiger charge is 1.97. The van der Waals surface area contributed by atoms with Crippen molar-refractivity contribution in [2.24, 2.45) is 0 Å². The normalized spacial score (nSPS) is 9.21. The third-order valence-corrected chi connectivity index (χ3v) is 1.90. The second kappa shape index (κ2) is 7.37. The molecular formula is C11H15ClN2. The minimum atomic E-state index is 0. The van der Waals surface area contributed by atoms with Crippen molar-refractivity contribution in [3.63, 3.8) is 0 Å². The summed E-state index contributed by atoms with van der Waals surface area (Å²) in [6, 6.07) is 12.4. The Kier molecular flexibility index (Phi) is 6.82. The number of hydrogen-bond acceptors (Lipinski definition) is 2. The SMILES string of the molecule is CN(CCC#N)Cc1ccccc1.Cl. The second-order valence-electron chi connectivity index (χ2n) is 3.13. The van der Waals surface area contributed by atoms with Gasteiger partial charge in [-0.05, 0) is 12.6 Å². The summed E-state index contributed by atoms with van der Waals surface area (Å²) in [5.74, 6) is 0. The van der Waals surface area contributed by atoms with E-state index in [1.165, 1.54) is 5.56 Å². The standard InChI is InChI=1S/C11H14N2.ClH/c1-13(9-5-8-12)10-11-6-3-2-4-7-11;/h2-4,6-7H,5,9-10H2,1H3;1H. The van der Waals surface area contributed by atoms with E-state index in [4.69, 9.17) is 5.26 Å². The molecular weight excluding hydrogens is 196 g/mol. The van der Waals surface area contributed by atoms with E-state index in [2.05, 4.69) is 23.1 Å². The Morgan fingerprint density at radius 1 is 1.29 bits per heavy atom. The van der Waals surface area contributed by atoms with Crippen molar-refractivity contribution in [1.82, 2.24) is 4.90 Å². The van der Waals surface area contributed by atoms with Gasteiger partial charge >= 0.3 is 0 Å². The molecule has 1 aromatic carbocycles. The van der Waals surface area contributed by atoms with Crippen molar-refractivity contribution >= 4 is 12.4 Å². The van der Waals surface area contributed by atoms with Gasteiger partial charge in [-0.25, -0.2) is 0 Å². The van der Waals surface area contributed by atoms with Crippen LogP contribution in [0.25, 0.3) is 0 Å². The second-order valence-corrected chi connectivity index (χ2v) is 3.13. The molecule has 1 aromatic rings. The van der Waals surface area contributed by atoms with E-state index < -0.39 is 0 Å². The van der Waals surface area contributed by atoms with Gasteiger partial charge in [0.2, 0.25) is 0 Å². The molecule has 0 spiro atoms. The molecule has 0 aromatic heterocycles. The first kappa shape index (κ1) is 13.0. The van der Waals surface area contributed by atoms with Crippen molar-refractivity contribution in [2.45, 2.75) is 13.0 Å². The van der Waals surface area contributed by atoms with Crippen LogP contribution in [0.3, 0.4) is 0 Å². The highest BCUT2D eigenvalue weighted by Crippen LogP contribution is 2.02. The number of nitrogens with zero attached hydrogens (tertiary/aromatic N) is 2. The molecule has 0 saturated heterocycles. The first-order valence-corrected chi connectivity index (χ1v) is 4.42. The molecule has 0 N–H and O–H groups in total. The lowest BCUT2D eigenvalue weighted by atomic mass is 10.2. The maximum atomic E-state index is 8.40. The number of nitriles is 1. The minimum Gasteiger partial charge on any atom is -0.301 e. The Hall–Kier alpha value is -1.04. The molecule has 0 aliphatic heterocycles. The van der Waals surface area contributed by atoms with Gasteiger partial charge in [-0.2, -0.15) is 5.26 Å². The van der Waals surface area contributed by atoms with Crippen LogP contribution >= 0.6 is 12.4 Å². The number of benzene rings is 1. The molecule has 0 unspecified atom stereocenters. The molecule has 14 heavy (non-hydrogen) atoms. The molecule has 0 amide bonds. The Labute approximate surface area is 91.6 Å². The van der Waals surface area contributed by atoms with Crippen LogP contribution in [0, 0.1) is 11.3 Å². The van der Waals surface area contributed by atoms with Crippen molar-refractivity contribution in [3.05, 3.63) is 35.9 Å². The van der Waals surface area contributed by atoms with Crippen LogP contribution in [0.2, 0.25) is 0 Å². The molecule has 0 heterocycles. The van der Waals surface area contributed by atoms with Gasteiger partial charge in [-0.15, -0.1) is 12.4 Å². The zero-order valence-electron chi connectivity index (χ0n) is 8.31. The summed E-state index contributed by atoms with van der Waals surface area (Å²) in [6.45, 7) is 1.76. The van der Waals surface area contributed by atoms with E-state index in [1.54, 1.807) is 0 Å². The minimum absolute atomic E-state index is 0. The summed E-state index contributed by atoms with van der Waals surface area (Å²) in [4.78, 5) is 2.15. The molecule has 0 radical (unpaired) electrons. The van der Waals surface area contributed by atoms with Crippen LogP contribution < -0.4 is 0 Å². The average Bonchev–Trinajstić information content (AvgIpc) is 2.16. The molecule has 0 saturated carbocycles. The van der Waals surface area contributed by atoms with Gasteiger partial charge in [-0.3, -0.25) is 0 Å². The first-order valence-electron chi connectivity index (χ1n) is 4.42. The topological polar surface area (TPSA) is 27.0 Å². The molecule has 0 bridgehead atoms. The molecule has 0 aliphatic carbocycles. The van der Waals surface area contributed by atoms with Gasteiger partial charge in [0, 0.05) is 19.5 Å². The number of rotatable bonds is 4. The predicted octanol–water partition coefficient (Wildman–Crippen LogP) is 2.45. The van der Waals surface area contributed by atoms with Gasteiger partial charge in [0.05, 0.1) is 6.07 Å². The zero-order valence-corrected chi connectivity index (χ0v) is 9.13. The highest BCUT2D eigenvalue weighted by molar-refractivity contribution is 5.85. The molecule has 2 nitrogen and oxygen atoms in total. The summed E-state index contributed by atoms with van der Waals surface area (Å²) >= 11 is 0. The van der Waals surface area contributed by atoms with Gasteiger partial charge in [-0.1, -0.05) is 30.3 Å². The van der Waals surface area contributed by atoms with E-state index in [1.807, 2.05) is 25.2 Å². The zero-order chi connectivity index (χ0) is 9.52. The molecule has 0 aliphatic rings. The largest absolute Gasteiger partial charge is 0.301 e. The summed E-state index contributed by atoms with van der Waals surface area (Å²) in [7, 11) is 2.03. The summed E-state index contributed by atoms with van der Waals surface area (Å²) < 4.78 is 0. The third-order valence-electron chi connectivity index (χ3n) is 1.90. The van der Waals surface area contributed by atoms with Crippen LogP contribution in [-0.4, -0.2) is 18.5 Å². The fraction of sp³-hybridized carbons (Fsp3) is 0.364. The Morgan fingerprint density at radius 3 is 2.50 bits per heavy atom. The maximum Gasteiger partial charge on any atom is 0.0635 e. The smallest absolute Gasteiger partial charge is 0.0635 e. The van der Waals surface area contributed by atoms with Crippen LogP contribution in [0.15, 0.2) is 30.3 Å². The summed E-state index contributed by atoms with van der Waals surface area (Å²) in [5.41, 5.74) is 1.29. The Balaban J connectivity index is 0.00000169. The van der Waals surface area contributed by atoms with Gasteiger partial charge < -0.3 is 4.90 Å². The molecule has 3 heteroatoms. The van der Waals surface area contributed by atoms with Crippen LogP contribution in [-0.2, 0) is 6.54 Å². The van der Waals surface area contributed by atoms with E-state index in [0.717, 1.165) is 13.1 Å². The first-order chi connectivity index (χ1) is 6.33. The van der Waals surface area contributed by atoms with Crippen molar-refractivity contribution < 1.29 is 0 Å². The number of hydrogen-bond donors (Lipinski definition) is 0. The summed E-state index contributed by atoms with van der Waals surface area (Å²) in [5, 5.41) is 8.40. The van der Waals surface area contributed by atoms with Crippen molar-refractivity contribution in [3.8, 4) is 6.07 Å². The van der Waals surface area contributed by atoms with Crippen LogP contribution in [0.4, 0.5) is 0 Å². The summed E-state index contributed by atoms with van der Waals surface area (Å²) in [6.07, 6.45) is 0.601. The van der Waals surface area contributed by atoms with Gasteiger partial charge in [0.15, 0.2) is 0 Å². The van der Waals surface area contributed by atoms with E-state index in [0.29, 0.717) is 6.42 Å².